The minimum absolute atomic E-state index is 0.198. The van der Waals surface area contributed by atoms with Crippen molar-refractivity contribution in [1.29, 1.82) is 0 Å². The molecule has 0 radical (unpaired) electrons. The predicted molar refractivity (Wildman–Crippen MR) is 69.7 cm³/mol. The zero-order valence-electron chi connectivity index (χ0n) is 10.9. The summed E-state index contributed by atoms with van der Waals surface area (Å²) in [5.74, 6) is 0.417. The van der Waals surface area contributed by atoms with E-state index in [1.54, 1.807) is 0 Å². The average Bonchev–Trinajstić information content (AvgIpc) is 2.81. The Morgan fingerprint density at radius 3 is 2.78 bits per heavy atom. The molecule has 1 aromatic carbocycles. The summed E-state index contributed by atoms with van der Waals surface area (Å²) in [6.07, 6.45) is 2.61. The van der Waals surface area contributed by atoms with Crippen molar-refractivity contribution in [2.24, 2.45) is 5.92 Å². The van der Waals surface area contributed by atoms with Crippen LogP contribution in [0.4, 0.5) is 4.39 Å². The lowest BCUT2D eigenvalue weighted by Gasteiger charge is -2.15. The van der Waals surface area contributed by atoms with Gasteiger partial charge in [0.15, 0.2) is 0 Å². The van der Waals surface area contributed by atoms with Crippen LogP contribution < -0.4 is 0 Å². The highest BCUT2D eigenvalue weighted by Crippen LogP contribution is 2.21. The number of halogens is 1. The third kappa shape index (κ3) is 3.39. The fourth-order valence-corrected chi connectivity index (χ4v) is 2.54. The molecule has 1 aliphatic heterocycles. The Morgan fingerprint density at radius 1 is 1.39 bits per heavy atom. The van der Waals surface area contributed by atoms with Gasteiger partial charge in [-0.05, 0) is 37.1 Å². The molecule has 1 heterocycles. The highest BCUT2D eigenvalue weighted by Gasteiger charge is 2.27. The van der Waals surface area contributed by atoms with Crippen molar-refractivity contribution < 1.29 is 9.18 Å². The highest BCUT2D eigenvalue weighted by molar-refractivity contribution is 5.81. The summed E-state index contributed by atoms with van der Waals surface area (Å²) in [6, 6.07) is 6.61. The molecule has 0 amide bonds. The van der Waals surface area contributed by atoms with E-state index in [2.05, 4.69) is 4.90 Å². The summed E-state index contributed by atoms with van der Waals surface area (Å²) in [5, 5.41) is 0. The Balaban J connectivity index is 1.86. The van der Waals surface area contributed by atoms with E-state index in [-0.39, 0.29) is 11.7 Å². The van der Waals surface area contributed by atoms with Gasteiger partial charge >= 0.3 is 0 Å². The fraction of sp³-hybridized carbons (Fsp3) is 0.533. The van der Waals surface area contributed by atoms with Crippen LogP contribution in [0.25, 0.3) is 0 Å². The van der Waals surface area contributed by atoms with E-state index >= 15 is 0 Å². The van der Waals surface area contributed by atoms with Crippen molar-refractivity contribution in [3.8, 4) is 0 Å². The van der Waals surface area contributed by atoms with Gasteiger partial charge in [-0.15, -0.1) is 0 Å². The normalized spacial score (nSPS) is 20.2. The van der Waals surface area contributed by atoms with Gasteiger partial charge in [-0.1, -0.05) is 19.1 Å². The molecule has 0 saturated carbocycles. The first kappa shape index (κ1) is 13.2. The largest absolute Gasteiger partial charge is 0.299 e. The lowest BCUT2D eigenvalue weighted by molar-refractivity contribution is -0.122. The van der Waals surface area contributed by atoms with E-state index < -0.39 is 0 Å². The van der Waals surface area contributed by atoms with Crippen molar-refractivity contribution in [2.45, 2.75) is 32.7 Å². The Hall–Kier alpha value is -1.22. The molecule has 1 fully saturated rings. The Morgan fingerprint density at radius 2 is 2.11 bits per heavy atom. The maximum absolute atomic E-state index is 12.8. The second-order valence-electron chi connectivity index (χ2n) is 5.06. The predicted octanol–water partition coefficient (Wildman–Crippen LogP) is 3.02. The Bertz CT molecular complexity index is 401. The van der Waals surface area contributed by atoms with Crippen LogP contribution in [0.3, 0.4) is 0 Å². The number of carbonyl (C=O) groups excluding carboxylic acids is 1. The number of likely N-dealkylation sites (tertiary alicyclic amines) is 1. The minimum Gasteiger partial charge on any atom is -0.299 e. The van der Waals surface area contributed by atoms with Crippen molar-refractivity contribution in [3.05, 3.63) is 35.6 Å². The van der Waals surface area contributed by atoms with Gasteiger partial charge in [-0.25, -0.2) is 4.39 Å². The van der Waals surface area contributed by atoms with E-state index in [1.807, 2.05) is 19.1 Å². The molecule has 0 bridgehead atoms. The minimum atomic E-state index is -0.198. The van der Waals surface area contributed by atoms with Crippen molar-refractivity contribution in [1.82, 2.24) is 4.90 Å². The monoisotopic (exact) mass is 249 g/mol. The molecular weight excluding hydrogens is 229 g/mol. The molecule has 2 rings (SSSR count). The number of hydrogen-bond acceptors (Lipinski definition) is 2. The number of carbonyl (C=O) groups is 1. The van der Waals surface area contributed by atoms with Gasteiger partial charge in [0.05, 0.1) is 0 Å². The standard InChI is InChI=1S/C15H20FNO/c1-2-3-15(18)13-8-9-17(11-13)10-12-4-6-14(16)7-5-12/h4-7,13H,2-3,8-11H2,1H3. The molecule has 3 heteroatoms. The second kappa shape index (κ2) is 6.10. The van der Waals surface area contributed by atoms with Crippen molar-refractivity contribution >= 4 is 5.78 Å². The Kier molecular flexibility index (Phi) is 4.48. The molecule has 0 spiro atoms. The third-order valence-electron chi connectivity index (χ3n) is 3.54. The molecule has 1 unspecified atom stereocenters. The average molecular weight is 249 g/mol. The summed E-state index contributed by atoms with van der Waals surface area (Å²) in [6.45, 7) is 4.69. The maximum Gasteiger partial charge on any atom is 0.137 e. The number of rotatable bonds is 5. The molecule has 0 N–H and O–H groups in total. The zero-order valence-corrected chi connectivity index (χ0v) is 10.9. The SMILES string of the molecule is CCCC(=O)C1CCN(Cc2ccc(F)cc2)C1. The van der Waals surface area contributed by atoms with Gasteiger partial charge in [-0.2, -0.15) is 0 Å². The van der Waals surface area contributed by atoms with Crippen LogP contribution in [-0.2, 0) is 11.3 Å². The van der Waals surface area contributed by atoms with E-state index in [1.165, 1.54) is 12.1 Å². The lowest BCUT2D eigenvalue weighted by atomic mass is 10.00. The van der Waals surface area contributed by atoms with Crippen LogP contribution in [0, 0.1) is 11.7 Å². The quantitative estimate of drug-likeness (QED) is 0.799. The first-order valence-electron chi connectivity index (χ1n) is 6.68. The molecule has 18 heavy (non-hydrogen) atoms. The zero-order chi connectivity index (χ0) is 13.0. The summed E-state index contributed by atoms with van der Waals surface area (Å²) in [5.41, 5.74) is 1.11. The summed E-state index contributed by atoms with van der Waals surface area (Å²) in [7, 11) is 0. The molecule has 98 valence electrons. The molecule has 0 aromatic heterocycles. The molecule has 2 nitrogen and oxygen atoms in total. The maximum atomic E-state index is 12.8. The summed E-state index contributed by atoms with van der Waals surface area (Å²) in [4.78, 5) is 14.1. The van der Waals surface area contributed by atoms with Crippen LogP contribution in [-0.4, -0.2) is 23.8 Å². The second-order valence-corrected chi connectivity index (χ2v) is 5.06. The molecular formula is C15H20FNO. The van der Waals surface area contributed by atoms with E-state index in [4.69, 9.17) is 0 Å². The van der Waals surface area contributed by atoms with Gasteiger partial charge < -0.3 is 0 Å². The molecule has 1 atom stereocenters. The first-order chi connectivity index (χ1) is 8.69. The topological polar surface area (TPSA) is 20.3 Å². The lowest BCUT2D eigenvalue weighted by Crippen LogP contribution is -2.22. The third-order valence-corrected chi connectivity index (χ3v) is 3.54. The summed E-state index contributed by atoms with van der Waals surface area (Å²) < 4.78 is 12.8. The van der Waals surface area contributed by atoms with Crippen molar-refractivity contribution in [3.63, 3.8) is 0 Å². The molecule has 1 aromatic rings. The highest BCUT2D eigenvalue weighted by atomic mass is 19.1. The molecule has 1 aliphatic rings. The smallest absolute Gasteiger partial charge is 0.137 e. The fourth-order valence-electron chi connectivity index (χ4n) is 2.54. The summed E-state index contributed by atoms with van der Waals surface area (Å²) >= 11 is 0. The number of ketones is 1. The van der Waals surface area contributed by atoms with E-state index in [9.17, 15) is 9.18 Å². The van der Waals surface area contributed by atoms with Gasteiger partial charge in [0, 0.05) is 25.4 Å². The number of hydrogen-bond donors (Lipinski definition) is 0. The van der Waals surface area contributed by atoms with Gasteiger partial charge in [-0.3, -0.25) is 9.69 Å². The Labute approximate surface area is 108 Å². The van der Waals surface area contributed by atoms with Gasteiger partial charge in [0.1, 0.15) is 11.6 Å². The van der Waals surface area contributed by atoms with Crippen LogP contribution >= 0.6 is 0 Å². The van der Waals surface area contributed by atoms with Crippen LogP contribution in [0.2, 0.25) is 0 Å². The van der Waals surface area contributed by atoms with Gasteiger partial charge in [0.25, 0.3) is 0 Å². The number of benzene rings is 1. The van der Waals surface area contributed by atoms with Gasteiger partial charge in [0.2, 0.25) is 0 Å². The molecule has 0 aliphatic carbocycles. The van der Waals surface area contributed by atoms with Crippen molar-refractivity contribution in [2.75, 3.05) is 13.1 Å². The van der Waals surface area contributed by atoms with Crippen LogP contribution in [0.5, 0.6) is 0 Å². The van der Waals surface area contributed by atoms with Crippen LogP contribution in [0.15, 0.2) is 24.3 Å². The number of nitrogens with zero attached hydrogens (tertiary/aromatic N) is 1. The van der Waals surface area contributed by atoms with E-state index in [0.29, 0.717) is 12.2 Å². The van der Waals surface area contributed by atoms with E-state index in [0.717, 1.165) is 38.0 Å². The number of Topliss-reactive ketones (excluding diaryl/α,β-unsaturated/α-hetero) is 1. The molecule has 1 saturated heterocycles. The first-order valence-corrected chi connectivity index (χ1v) is 6.68. The van der Waals surface area contributed by atoms with Crippen LogP contribution in [0.1, 0.15) is 31.7 Å².